The fraction of sp³-hybridized carbons (Fsp3) is 0.455. The van der Waals surface area contributed by atoms with Crippen molar-refractivity contribution in [3.8, 4) is 0 Å². The van der Waals surface area contributed by atoms with E-state index in [0.29, 0.717) is 19.8 Å². The Balaban J connectivity index is 1.44. The SMILES string of the molecule is O=C(NCc1ccc(F)c(Cl)c1F)C1=CN2C(=C(O)C1O)C(=O)N1CCCC[C@]13COC[C@H]23. The lowest BCUT2D eigenvalue weighted by molar-refractivity contribution is -0.146. The number of piperazine rings is 1. The van der Waals surface area contributed by atoms with E-state index in [1.165, 1.54) is 11.1 Å². The minimum Gasteiger partial charge on any atom is -0.507 e. The van der Waals surface area contributed by atoms with Crippen LogP contribution < -0.4 is 5.32 Å². The third-order valence-electron chi connectivity index (χ3n) is 6.96. The molecule has 0 saturated carbocycles. The standard InChI is InChI=1S/C22H22ClF2N3O5/c23-15-13(24)4-3-11(16(15)25)7-26-20(31)12-8-27-14-9-33-10-22(14)5-1-2-6-28(22)21(32)17(27)19(30)18(12)29/h3-4,8,14,18,29-30H,1-2,5-7,9-10H2,(H,26,31)/t14-,18?,22+/m0/s1. The number of rotatable bonds is 3. The van der Waals surface area contributed by atoms with Gasteiger partial charge in [0, 0.05) is 24.9 Å². The summed E-state index contributed by atoms with van der Waals surface area (Å²) in [6.07, 6.45) is 2.12. The van der Waals surface area contributed by atoms with Crippen LogP contribution in [0, 0.1) is 11.6 Å². The van der Waals surface area contributed by atoms with Gasteiger partial charge in [0.05, 0.1) is 30.4 Å². The highest BCUT2D eigenvalue weighted by Crippen LogP contribution is 2.46. The van der Waals surface area contributed by atoms with Gasteiger partial charge in [-0.1, -0.05) is 17.7 Å². The first-order valence-electron chi connectivity index (χ1n) is 10.7. The van der Waals surface area contributed by atoms with Crippen molar-refractivity contribution >= 4 is 23.4 Å². The van der Waals surface area contributed by atoms with Gasteiger partial charge in [-0.05, 0) is 25.3 Å². The van der Waals surface area contributed by atoms with Crippen molar-refractivity contribution < 1.29 is 33.3 Å². The fourth-order valence-electron chi connectivity index (χ4n) is 5.25. The van der Waals surface area contributed by atoms with Gasteiger partial charge in [0.1, 0.15) is 28.5 Å². The number of carbonyl (C=O) groups excluding carboxylic acids is 2. The molecule has 4 aliphatic rings. The molecule has 176 valence electrons. The summed E-state index contributed by atoms with van der Waals surface area (Å²) < 4.78 is 33.3. The number of ether oxygens (including phenoxy) is 1. The Kier molecular flexibility index (Phi) is 5.34. The van der Waals surface area contributed by atoms with Crippen LogP contribution in [0.2, 0.25) is 5.02 Å². The maximum atomic E-state index is 14.2. The van der Waals surface area contributed by atoms with Gasteiger partial charge in [0.2, 0.25) is 0 Å². The quantitative estimate of drug-likeness (QED) is 0.568. The second-order valence-corrected chi connectivity index (χ2v) is 9.07. The maximum absolute atomic E-state index is 14.2. The van der Waals surface area contributed by atoms with Crippen molar-refractivity contribution in [3.05, 3.63) is 57.6 Å². The van der Waals surface area contributed by atoms with E-state index < -0.39 is 45.9 Å². The molecule has 2 amide bonds. The molecule has 4 aliphatic heterocycles. The zero-order valence-electron chi connectivity index (χ0n) is 17.5. The van der Waals surface area contributed by atoms with Gasteiger partial charge in [-0.15, -0.1) is 0 Å². The topological polar surface area (TPSA) is 102 Å². The molecule has 33 heavy (non-hydrogen) atoms. The van der Waals surface area contributed by atoms with E-state index in [-0.39, 0.29) is 29.4 Å². The van der Waals surface area contributed by atoms with E-state index >= 15 is 0 Å². The summed E-state index contributed by atoms with van der Waals surface area (Å²) in [5.74, 6) is -3.72. The summed E-state index contributed by atoms with van der Waals surface area (Å²) in [6.45, 7) is 0.856. The van der Waals surface area contributed by atoms with Gasteiger partial charge in [0.25, 0.3) is 11.8 Å². The third-order valence-corrected chi connectivity index (χ3v) is 7.31. The first-order chi connectivity index (χ1) is 15.8. The van der Waals surface area contributed by atoms with Crippen LogP contribution in [-0.2, 0) is 20.9 Å². The zero-order chi connectivity index (χ0) is 23.5. The first-order valence-corrected chi connectivity index (χ1v) is 11.1. The van der Waals surface area contributed by atoms with Gasteiger partial charge < -0.3 is 30.1 Å². The molecule has 5 rings (SSSR count). The minimum atomic E-state index is -1.73. The summed E-state index contributed by atoms with van der Waals surface area (Å²) in [5, 5.41) is 23.1. The Labute approximate surface area is 193 Å². The van der Waals surface area contributed by atoms with E-state index in [1.807, 2.05) is 0 Å². The lowest BCUT2D eigenvalue weighted by Crippen LogP contribution is -2.70. The first kappa shape index (κ1) is 22.1. The average Bonchev–Trinajstić information content (AvgIpc) is 3.22. The lowest BCUT2D eigenvalue weighted by Gasteiger charge is -2.55. The molecule has 1 spiro atoms. The van der Waals surface area contributed by atoms with Crippen LogP contribution in [-0.4, -0.2) is 69.3 Å². The Morgan fingerprint density at radius 3 is 2.91 bits per heavy atom. The molecule has 0 radical (unpaired) electrons. The number of halogens is 3. The smallest absolute Gasteiger partial charge is 0.274 e. The number of nitrogens with one attached hydrogen (secondary N) is 1. The zero-order valence-corrected chi connectivity index (χ0v) is 18.2. The maximum Gasteiger partial charge on any atom is 0.274 e. The Bertz CT molecular complexity index is 1110. The normalized spacial score (nSPS) is 28.8. The van der Waals surface area contributed by atoms with E-state index in [2.05, 4.69) is 5.32 Å². The van der Waals surface area contributed by atoms with Crippen LogP contribution in [0.5, 0.6) is 0 Å². The lowest BCUT2D eigenvalue weighted by atomic mass is 9.78. The fourth-order valence-corrected chi connectivity index (χ4v) is 5.43. The highest BCUT2D eigenvalue weighted by atomic mass is 35.5. The molecule has 0 aliphatic carbocycles. The summed E-state index contributed by atoms with van der Waals surface area (Å²) in [4.78, 5) is 29.4. The average molecular weight is 482 g/mol. The van der Waals surface area contributed by atoms with Gasteiger partial charge in [0.15, 0.2) is 5.76 Å². The Morgan fingerprint density at radius 1 is 1.33 bits per heavy atom. The molecule has 0 bridgehead atoms. The predicted molar refractivity (Wildman–Crippen MR) is 112 cm³/mol. The number of benzene rings is 1. The molecule has 3 saturated heterocycles. The molecule has 4 heterocycles. The summed E-state index contributed by atoms with van der Waals surface area (Å²) >= 11 is 5.58. The van der Waals surface area contributed by atoms with Crippen LogP contribution in [0.3, 0.4) is 0 Å². The van der Waals surface area contributed by atoms with Crippen molar-refractivity contribution in [2.75, 3.05) is 19.8 Å². The second-order valence-electron chi connectivity index (χ2n) is 8.69. The summed E-state index contributed by atoms with van der Waals surface area (Å²) in [5.41, 5.74) is -0.879. The van der Waals surface area contributed by atoms with Crippen LogP contribution in [0.25, 0.3) is 0 Å². The molecule has 0 aromatic heterocycles. The van der Waals surface area contributed by atoms with Crippen molar-refractivity contribution in [1.82, 2.24) is 15.1 Å². The molecule has 1 unspecified atom stereocenters. The Morgan fingerprint density at radius 2 is 2.12 bits per heavy atom. The van der Waals surface area contributed by atoms with Gasteiger partial charge in [-0.25, -0.2) is 8.78 Å². The molecular weight excluding hydrogens is 460 g/mol. The predicted octanol–water partition coefficient (Wildman–Crippen LogP) is 1.73. The van der Waals surface area contributed by atoms with Gasteiger partial charge in [-0.2, -0.15) is 0 Å². The van der Waals surface area contributed by atoms with Crippen LogP contribution in [0.1, 0.15) is 24.8 Å². The number of hydrogen-bond acceptors (Lipinski definition) is 6. The molecule has 8 nitrogen and oxygen atoms in total. The summed E-state index contributed by atoms with van der Waals surface area (Å²) in [7, 11) is 0. The number of carbonyl (C=O) groups is 2. The molecular formula is C22H22ClF2N3O5. The van der Waals surface area contributed by atoms with Gasteiger partial charge >= 0.3 is 0 Å². The number of piperidine rings is 1. The second kappa shape index (κ2) is 7.96. The monoisotopic (exact) mass is 481 g/mol. The van der Waals surface area contributed by atoms with E-state index in [1.54, 1.807) is 4.90 Å². The molecule has 11 heteroatoms. The van der Waals surface area contributed by atoms with Gasteiger partial charge in [-0.3, -0.25) is 9.59 Å². The van der Waals surface area contributed by atoms with Crippen LogP contribution in [0.4, 0.5) is 8.78 Å². The highest BCUT2D eigenvalue weighted by Gasteiger charge is 2.60. The molecule has 3 N–H and O–H groups in total. The minimum absolute atomic E-state index is 0.0461. The van der Waals surface area contributed by atoms with Crippen molar-refractivity contribution in [3.63, 3.8) is 0 Å². The highest BCUT2D eigenvalue weighted by molar-refractivity contribution is 6.30. The summed E-state index contributed by atoms with van der Waals surface area (Å²) in [6, 6.07) is 1.81. The number of aliphatic hydroxyl groups excluding tert-OH is 2. The van der Waals surface area contributed by atoms with E-state index in [4.69, 9.17) is 16.3 Å². The van der Waals surface area contributed by atoms with Crippen LogP contribution >= 0.6 is 11.6 Å². The molecule has 1 aromatic carbocycles. The number of hydrogen-bond donors (Lipinski definition) is 3. The van der Waals surface area contributed by atoms with Crippen molar-refractivity contribution in [2.24, 2.45) is 0 Å². The third kappa shape index (κ3) is 3.23. The number of aliphatic hydroxyl groups is 2. The molecule has 3 fully saturated rings. The molecule has 3 atom stereocenters. The Hall–Kier alpha value is -2.69. The van der Waals surface area contributed by atoms with Crippen LogP contribution in [0.15, 0.2) is 35.4 Å². The largest absolute Gasteiger partial charge is 0.507 e. The van der Waals surface area contributed by atoms with Crippen molar-refractivity contribution in [2.45, 2.75) is 43.5 Å². The number of amides is 2. The molecule has 1 aromatic rings. The number of fused-ring (bicyclic) bond motifs is 2. The van der Waals surface area contributed by atoms with Crippen molar-refractivity contribution in [1.29, 1.82) is 0 Å². The number of nitrogens with zero attached hydrogens (tertiary/aromatic N) is 2. The van der Waals surface area contributed by atoms with E-state index in [9.17, 15) is 28.6 Å². The van der Waals surface area contributed by atoms with E-state index in [0.717, 1.165) is 31.4 Å².